The number of nitrogens with zero attached hydrogens (tertiary/aromatic N) is 2. The van der Waals surface area contributed by atoms with Crippen LogP contribution in [0.25, 0.3) is 89.2 Å². The van der Waals surface area contributed by atoms with Crippen LogP contribution < -0.4 is 0 Å². The molecule has 0 N–H and O–H groups in total. The Kier molecular flexibility index (Phi) is 8.17. The highest BCUT2D eigenvalue weighted by Gasteiger charge is 2.46. The van der Waals surface area contributed by atoms with E-state index in [0.29, 0.717) is 5.82 Å². The number of fused-ring (bicyclic) bond motifs is 9. The van der Waals surface area contributed by atoms with Gasteiger partial charge in [0.25, 0.3) is 0 Å². The van der Waals surface area contributed by atoms with E-state index in [0.717, 1.165) is 61.1 Å². The van der Waals surface area contributed by atoms with Gasteiger partial charge in [-0.2, -0.15) is 0 Å². The van der Waals surface area contributed by atoms with Gasteiger partial charge in [-0.15, -0.1) is 0 Å². The quantitative estimate of drug-likeness (QED) is 0.168. The molecule has 0 amide bonds. The van der Waals surface area contributed by atoms with Crippen LogP contribution in [-0.2, 0) is 10.8 Å². The maximum Gasteiger partial charge on any atom is 0.160 e. The summed E-state index contributed by atoms with van der Waals surface area (Å²) in [5.74, 6) is 0.715. The fraction of sp³-hybridized carbons (Fsp3) is 0.0645. The number of para-hydroxylation sites is 2. The van der Waals surface area contributed by atoms with Gasteiger partial charge in [0, 0.05) is 38.4 Å². The largest absolute Gasteiger partial charge is 0.455 e. The van der Waals surface area contributed by atoms with Crippen LogP contribution in [0.15, 0.2) is 223 Å². The monoisotopic (exact) mass is 830 g/mol. The molecule has 9 aromatic carbocycles. The van der Waals surface area contributed by atoms with E-state index in [9.17, 15) is 0 Å². The average molecular weight is 831 g/mol. The SMILES string of the molecule is CC1(C)c2ccccc2-c2cccc(-c3nc(-c4ccc(-c5cccc6c5oc5ccccc56)cc4)cc(-c4ccc5c(c4)C(c4ccccc4)(c4ccccc4)c4ccccc4-5)n3)c21. The first-order chi connectivity index (χ1) is 32.0. The third-order valence-corrected chi connectivity index (χ3v) is 14.2. The topological polar surface area (TPSA) is 38.9 Å². The highest BCUT2D eigenvalue weighted by atomic mass is 16.3. The maximum absolute atomic E-state index is 6.46. The van der Waals surface area contributed by atoms with Crippen molar-refractivity contribution in [2.24, 2.45) is 0 Å². The predicted octanol–water partition coefficient (Wildman–Crippen LogP) is 15.7. The van der Waals surface area contributed by atoms with Gasteiger partial charge in [-0.25, -0.2) is 9.97 Å². The number of aromatic nitrogens is 2. The van der Waals surface area contributed by atoms with Crippen LogP contribution >= 0.6 is 0 Å². The van der Waals surface area contributed by atoms with Crippen molar-refractivity contribution in [3.63, 3.8) is 0 Å². The van der Waals surface area contributed by atoms with Gasteiger partial charge >= 0.3 is 0 Å². The fourth-order valence-corrected chi connectivity index (χ4v) is 11.3. The third kappa shape index (κ3) is 5.49. The fourth-order valence-electron chi connectivity index (χ4n) is 11.3. The van der Waals surface area contributed by atoms with Gasteiger partial charge in [-0.05, 0) is 79.4 Å². The van der Waals surface area contributed by atoms with E-state index in [1.165, 1.54) is 55.6 Å². The molecular formula is C62H42N2O. The Hall–Kier alpha value is -8.14. The summed E-state index contributed by atoms with van der Waals surface area (Å²) in [6.45, 7) is 4.66. The molecule has 0 saturated carbocycles. The van der Waals surface area contributed by atoms with Crippen LogP contribution in [0.1, 0.15) is 47.2 Å². The Morgan fingerprint density at radius 1 is 0.369 bits per heavy atom. The first kappa shape index (κ1) is 37.4. The lowest BCUT2D eigenvalue weighted by Gasteiger charge is -2.34. The molecule has 0 unspecified atom stereocenters. The van der Waals surface area contributed by atoms with Crippen LogP contribution in [0.4, 0.5) is 0 Å². The van der Waals surface area contributed by atoms with Crippen LogP contribution in [0.2, 0.25) is 0 Å². The molecule has 0 spiro atoms. The Balaban J connectivity index is 1.02. The van der Waals surface area contributed by atoms with E-state index in [4.69, 9.17) is 14.4 Å². The Morgan fingerprint density at radius 3 is 1.65 bits per heavy atom. The standard InChI is InChI=1S/C62H42N2O/c1-61(2)52-28-12-9-22-46(52)49-25-16-27-51(58(49)61)60-63-55(40-33-31-39(32-34-40)44-24-15-26-50-48-23-11-14-30-57(48)65-59(44)50)38-56(64-60)41-35-36-47-45-21-10-13-29-53(45)62(54(47)37-41,42-17-5-3-6-18-42)43-19-7-4-8-20-43/h3-38H,1-2H3. The van der Waals surface area contributed by atoms with Crippen molar-refractivity contribution in [3.05, 3.63) is 252 Å². The molecule has 2 heterocycles. The van der Waals surface area contributed by atoms with E-state index in [2.05, 4.69) is 220 Å². The summed E-state index contributed by atoms with van der Waals surface area (Å²) < 4.78 is 6.46. The Morgan fingerprint density at radius 2 is 0.892 bits per heavy atom. The summed E-state index contributed by atoms with van der Waals surface area (Å²) in [7, 11) is 0. The number of rotatable bonds is 6. The normalized spacial score (nSPS) is 13.9. The lowest BCUT2D eigenvalue weighted by Crippen LogP contribution is -2.28. The lowest BCUT2D eigenvalue weighted by molar-refractivity contribution is 0.661. The molecule has 3 nitrogen and oxygen atoms in total. The van der Waals surface area contributed by atoms with Crippen molar-refractivity contribution in [1.82, 2.24) is 9.97 Å². The molecule has 0 saturated heterocycles. The zero-order valence-corrected chi connectivity index (χ0v) is 36.1. The summed E-state index contributed by atoms with van der Waals surface area (Å²) in [5.41, 5.74) is 20.6. The van der Waals surface area contributed by atoms with Crippen LogP contribution in [0, 0.1) is 0 Å². The van der Waals surface area contributed by atoms with Crippen molar-refractivity contribution in [1.29, 1.82) is 0 Å². The summed E-state index contributed by atoms with van der Waals surface area (Å²) in [4.78, 5) is 11.1. The molecule has 2 aliphatic carbocycles. The average Bonchev–Trinajstić information content (AvgIpc) is 3.98. The van der Waals surface area contributed by atoms with Gasteiger partial charge in [0.15, 0.2) is 5.82 Å². The van der Waals surface area contributed by atoms with E-state index >= 15 is 0 Å². The zero-order valence-electron chi connectivity index (χ0n) is 36.1. The first-order valence-electron chi connectivity index (χ1n) is 22.5. The minimum atomic E-state index is -0.530. The molecule has 0 bridgehead atoms. The number of hydrogen-bond acceptors (Lipinski definition) is 3. The maximum atomic E-state index is 6.46. The van der Waals surface area contributed by atoms with Gasteiger partial charge in [0.1, 0.15) is 11.2 Å². The second-order valence-electron chi connectivity index (χ2n) is 18.0. The number of hydrogen-bond donors (Lipinski definition) is 0. The molecule has 0 aliphatic heterocycles. The van der Waals surface area contributed by atoms with Crippen molar-refractivity contribution in [2.45, 2.75) is 24.7 Å². The molecule has 11 aromatic rings. The highest BCUT2D eigenvalue weighted by Crippen LogP contribution is 2.57. The van der Waals surface area contributed by atoms with Crippen molar-refractivity contribution < 1.29 is 4.42 Å². The number of furan rings is 1. The molecule has 0 atom stereocenters. The molecule has 0 fully saturated rings. The lowest BCUT2D eigenvalue weighted by atomic mass is 9.67. The van der Waals surface area contributed by atoms with Gasteiger partial charge < -0.3 is 4.42 Å². The van der Waals surface area contributed by atoms with Gasteiger partial charge in [0.2, 0.25) is 0 Å². The molecular weight excluding hydrogens is 789 g/mol. The second kappa shape index (κ2) is 14.2. The third-order valence-electron chi connectivity index (χ3n) is 14.2. The van der Waals surface area contributed by atoms with Crippen LogP contribution in [0.3, 0.4) is 0 Å². The summed E-state index contributed by atoms with van der Waals surface area (Å²) in [5, 5.41) is 2.25. The van der Waals surface area contributed by atoms with E-state index in [-0.39, 0.29) is 5.41 Å². The predicted molar refractivity (Wildman–Crippen MR) is 266 cm³/mol. The molecule has 2 aliphatic rings. The smallest absolute Gasteiger partial charge is 0.160 e. The van der Waals surface area contributed by atoms with Gasteiger partial charge in [-0.1, -0.05) is 214 Å². The zero-order chi connectivity index (χ0) is 43.3. The second-order valence-corrected chi connectivity index (χ2v) is 18.0. The van der Waals surface area contributed by atoms with E-state index in [1.807, 2.05) is 12.1 Å². The van der Waals surface area contributed by atoms with E-state index < -0.39 is 5.41 Å². The Bertz CT molecular complexity index is 3640. The molecule has 0 radical (unpaired) electrons. The number of benzene rings is 9. The summed E-state index contributed by atoms with van der Waals surface area (Å²) in [6.07, 6.45) is 0. The summed E-state index contributed by atoms with van der Waals surface area (Å²) in [6, 6.07) is 78.9. The molecule has 3 heteroatoms. The molecule has 65 heavy (non-hydrogen) atoms. The van der Waals surface area contributed by atoms with E-state index in [1.54, 1.807) is 0 Å². The van der Waals surface area contributed by atoms with Crippen LogP contribution in [-0.4, -0.2) is 9.97 Å². The molecule has 306 valence electrons. The summed E-state index contributed by atoms with van der Waals surface area (Å²) >= 11 is 0. The minimum Gasteiger partial charge on any atom is -0.455 e. The first-order valence-corrected chi connectivity index (χ1v) is 22.5. The van der Waals surface area contributed by atoms with Crippen molar-refractivity contribution >= 4 is 21.9 Å². The van der Waals surface area contributed by atoms with Gasteiger partial charge in [0.05, 0.1) is 16.8 Å². The van der Waals surface area contributed by atoms with Crippen LogP contribution in [0.5, 0.6) is 0 Å². The van der Waals surface area contributed by atoms with Gasteiger partial charge in [-0.3, -0.25) is 0 Å². The molecule has 13 rings (SSSR count). The van der Waals surface area contributed by atoms with Crippen molar-refractivity contribution in [2.75, 3.05) is 0 Å². The highest BCUT2D eigenvalue weighted by molar-refractivity contribution is 6.09. The minimum absolute atomic E-state index is 0.244. The van der Waals surface area contributed by atoms with Crippen molar-refractivity contribution in [3.8, 4) is 67.3 Å². The Labute approximate surface area is 378 Å². The molecule has 2 aromatic heterocycles.